The lowest BCUT2D eigenvalue weighted by Crippen LogP contribution is -2.30. The predicted octanol–water partition coefficient (Wildman–Crippen LogP) is 3.04. The molecular formula is C16H22ClN3O. The molecule has 5 heteroatoms. The van der Waals surface area contributed by atoms with Gasteiger partial charge in [-0.25, -0.2) is 4.98 Å². The summed E-state index contributed by atoms with van der Waals surface area (Å²) < 4.78 is 2.11. The Labute approximate surface area is 130 Å². The number of rotatable bonds is 6. The van der Waals surface area contributed by atoms with E-state index in [1.807, 2.05) is 13.8 Å². The van der Waals surface area contributed by atoms with Crippen LogP contribution in [0.25, 0.3) is 11.0 Å². The van der Waals surface area contributed by atoms with Crippen molar-refractivity contribution < 1.29 is 4.79 Å². The number of alkyl halides is 1. The number of fused-ring (bicyclic) bond motifs is 1. The van der Waals surface area contributed by atoms with E-state index in [1.165, 1.54) is 5.56 Å². The van der Waals surface area contributed by atoms with Gasteiger partial charge in [-0.2, -0.15) is 0 Å². The van der Waals surface area contributed by atoms with Gasteiger partial charge in [0.2, 0.25) is 5.91 Å². The highest BCUT2D eigenvalue weighted by Gasteiger charge is 2.12. The number of aryl methyl sites for hydroxylation is 3. The van der Waals surface area contributed by atoms with E-state index in [0.717, 1.165) is 16.9 Å². The maximum atomic E-state index is 11.8. The fourth-order valence-corrected chi connectivity index (χ4v) is 2.59. The number of nitrogens with one attached hydrogen (secondary N) is 1. The zero-order valence-corrected chi connectivity index (χ0v) is 13.6. The van der Waals surface area contributed by atoms with E-state index < -0.39 is 0 Å². The molecule has 0 spiro atoms. The lowest BCUT2D eigenvalue weighted by atomic mass is 10.2. The molecule has 0 bridgehead atoms. The van der Waals surface area contributed by atoms with Gasteiger partial charge in [0.15, 0.2) is 0 Å². The van der Waals surface area contributed by atoms with Crippen molar-refractivity contribution in [3.8, 4) is 0 Å². The average Bonchev–Trinajstić information content (AvgIpc) is 2.72. The smallest absolute Gasteiger partial charge is 0.221 e. The number of hydrogen-bond donors (Lipinski definition) is 1. The second-order valence-electron chi connectivity index (χ2n) is 5.58. The minimum absolute atomic E-state index is 0.0655. The van der Waals surface area contributed by atoms with Crippen LogP contribution in [0, 0.1) is 6.92 Å². The molecule has 1 aromatic carbocycles. The molecule has 1 N–H and O–H groups in total. The van der Waals surface area contributed by atoms with Crippen LogP contribution < -0.4 is 5.32 Å². The topological polar surface area (TPSA) is 46.9 Å². The summed E-state index contributed by atoms with van der Waals surface area (Å²) in [5, 5.41) is 2.92. The highest BCUT2D eigenvalue weighted by Crippen LogP contribution is 2.19. The standard InChI is InChI=1S/C16H22ClN3O/c1-11(2)18-16(21)7-9-20-14-5-4-12(3)10-13(14)19-15(20)6-8-17/h4-5,10-11H,6-9H2,1-3H3,(H,18,21). The second kappa shape index (κ2) is 6.94. The Morgan fingerprint density at radius 1 is 1.43 bits per heavy atom. The minimum Gasteiger partial charge on any atom is -0.354 e. The van der Waals surface area contributed by atoms with Gasteiger partial charge >= 0.3 is 0 Å². The average molecular weight is 308 g/mol. The Hall–Kier alpha value is -1.55. The first kappa shape index (κ1) is 15.8. The van der Waals surface area contributed by atoms with Crippen LogP contribution in [0.15, 0.2) is 18.2 Å². The summed E-state index contributed by atoms with van der Waals surface area (Å²) >= 11 is 5.87. The van der Waals surface area contributed by atoms with Gasteiger partial charge in [0.1, 0.15) is 5.82 Å². The lowest BCUT2D eigenvalue weighted by molar-refractivity contribution is -0.121. The first-order valence-electron chi connectivity index (χ1n) is 7.32. The van der Waals surface area contributed by atoms with Gasteiger partial charge in [-0.1, -0.05) is 6.07 Å². The van der Waals surface area contributed by atoms with E-state index in [-0.39, 0.29) is 11.9 Å². The van der Waals surface area contributed by atoms with Crippen LogP contribution in [0.3, 0.4) is 0 Å². The number of aromatic nitrogens is 2. The van der Waals surface area contributed by atoms with Gasteiger partial charge in [0.25, 0.3) is 0 Å². The van der Waals surface area contributed by atoms with Crippen LogP contribution in [-0.2, 0) is 17.8 Å². The summed E-state index contributed by atoms with van der Waals surface area (Å²) in [6.07, 6.45) is 1.16. The van der Waals surface area contributed by atoms with Crippen molar-refractivity contribution in [2.24, 2.45) is 0 Å². The number of carbonyl (C=O) groups is 1. The van der Waals surface area contributed by atoms with Crippen LogP contribution >= 0.6 is 11.6 Å². The van der Waals surface area contributed by atoms with E-state index in [1.54, 1.807) is 0 Å². The van der Waals surface area contributed by atoms with Gasteiger partial charge in [0, 0.05) is 31.3 Å². The summed E-state index contributed by atoms with van der Waals surface area (Å²) in [7, 11) is 0. The molecule has 0 atom stereocenters. The van der Waals surface area contributed by atoms with Crippen LogP contribution in [0.4, 0.5) is 0 Å². The fraction of sp³-hybridized carbons (Fsp3) is 0.500. The third-order valence-corrected chi connectivity index (χ3v) is 3.50. The molecule has 0 aliphatic heterocycles. The number of nitrogens with zero attached hydrogens (tertiary/aromatic N) is 2. The van der Waals surface area contributed by atoms with Crippen LogP contribution in [0.2, 0.25) is 0 Å². The summed E-state index contributed by atoms with van der Waals surface area (Å²) in [6, 6.07) is 6.37. The molecule has 0 saturated heterocycles. The first-order chi connectivity index (χ1) is 10.0. The van der Waals surface area contributed by atoms with Crippen molar-refractivity contribution in [3.63, 3.8) is 0 Å². The quantitative estimate of drug-likeness (QED) is 0.834. The van der Waals surface area contributed by atoms with Crippen molar-refractivity contribution >= 4 is 28.5 Å². The predicted molar refractivity (Wildman–Crippen MR) is 86.8 cm³/mol. The Kier molecular flexibility index (Phi) is 5.23. The molecule has 2 rings (SSSR count). The maximum Gasteiger partial charge on any atom is 0.221 e. The molecule has 21 heavy (non-hydrogen) atoms. The Balaban J connectivity index is 2.23. The zero-order chi connectivity index (χ0) is 15.4. The highest BCUT2D eigenvalue weighted by molar-refractivity contribution is 6.17. The van der Waals surface area contributed by atoms with E-state index in [4.69, 9.17) is 11.6 Å². The molecule has 0 saturated carbocycles. The second-order valence-corrected chi connectivity index (χ2v) is 5.96. The van der Waals surface area contributed by atoms with E-state index >= 15 is 0 Å². The van der Waals surface area contributed by atoms with Gasteiger partial charge in [-0.05, 0) is 38.5 Å². The molecule has 0 radical (unpaired) electrons. The van der Waals surface area contributed by atoms with E-state index in [9.17, 15) is 4.79 Å². The van der Waals surface area contributed by atoms with E-state index in [2.05, 4.69) is 40.0 Å². The normalized spacial score (nSPS) is 11.3. The van der Waals surface area contributed by atoms with Gasteiger partial charge < -0.3 is 9.88 Å². The monoisotopic (exact) mass is 307 g/mol. The molecular weight excluding hydrogens is 286 g/mol. The van der Waals surface area contributed by atoms with E-state index in [0.29, 0.717) is 25.3 Å². The number of halogens is 1. The molecule has 4 nitrogen and oxygen atoms in total. The molecule has 0 fully saturated rings. The molecule has 0 unspecified atom stereocenters. The molecule has 0 aliphatic carbocycles. The Bertz CT molecular complexity index is 634. The van der Waals surface area contributed by atoms with Crippen molar-refractivity contribution in [2.45, 2.75) is 46.2 Å². The van der Waals surface area contributed by atoms with Gasteiger partial charge in [-0.15, -0.1) is 11.6 Å². The summed E-state index contributed by atoms with van der Waals surface area (Å²) in [4.78, 5) is 16.5. The number of benzene rings is 1. The number of amides is 1. The van der Waals surface area contributed by atoms with Crippen LogP contribution in [0.5, 0.6) is 0 Å². The Morgan fingerprint density at radius 3 is 2.86 bits per heavy atom. The molecule has 114 valence electrons. The molecule has 1 heterocycles. The highest BCUT2D eigenvalue weighted by atomic mass is 35.5. The SMILES string of the molecule is Cc1ccc2c(c1)nc(CCCl)n2CCC(=O)NC(C)C. The number of imidazole rings is 1. The van der Waals surface area contributed by atoms with Crippen molar-refractivity contribution in [1.29, 1.82) is 0 Å². The van der Waals surface area contributed by atoms with Crippen LogP contribution in [-0.4, -0.2) is 27.4 Å². The number of carbonyl (C=O) groups excluding carboxylic acids is 1. The molecule has 2 aromatic rings. The van der Waals surface area contributed by atoms with Gasteiger partial charge in [0.05, 0.1) is 11.0 Å². The summed E-state index contributed by atoms with van der Waals surface area (Å²) in [6.45, 7) is 6.61. The van der Waals surface area contributed by atoms with Gasteiger partial charge in [-0.3, -0.25) is 4.79 Å². The molecule has 0 aliphatic rings. The molecule has 1 amide bonds. The van der Waals surface area contributed by atoms with Crippen LogP contribution in [0.1, 0.15) is 31.7 Å². The van der Waals surface area contributed by atoms with Crippen molar-refractivity contribution in [2.75, 3.05) is 5.88 Å². The first-order valence-corrected chi connectivity index (χ1v) is 7.86. The third kappa shape index (κ3) is 3.97. The molecule has 1 aromatic heterocycles. The summed E-state index contributed by atoms with van der Waals surface area (Å²) in [5.74, 6) is 1.54. The zero-order valence-electron chi connectivity index (χ0n) is 12.8. The largest absolute Gasteiger partial charge is 0.354 e. The summed E-state index contributed by atoms with van der Waals surface area (Å²) in [5.41, 5.74) is 3.22. The lowest BCUT2D eigenvalue weighted by Gasteiger charge is -2.11. The maximum absolute atomic E-state index is 11.8. The van der Waals surface area contributed by atoms with Crippen molar-refractivity contribution in [1.82, 2.24) is 14.9 Å². The fourth-order valence-electron chi connectivity index (χ4n) is 2.42. The van der Waals surface area contributed by atoms with Crippen molar-refractivity contribution in [3.05, 3.63) is 29.6 Å². The Morgan fingerprint density at radius 2 is 2.19 bits per heavy atom. The minimum atomic E-state index is 0.0655. The third-order valence-electron chi connectivity index (χ3n) is 3.31. The number of hydrogen-bond acceptors (Lipinski definition) is 2.